The number of para-hydroxylation sites is 1. The summed E-state index contributed by atoms with van der Waals surface area (Å²) in [5.74, 6) is -1.00. The molecule has 1 amide bonds. The summed E-state index contributed by atoms with van der Waals surface area (Å²) in [5, 5.41) is 21.3. The zero-order valence-corrected chi connectivity index (χ0v) is 17.4. The van der Waals surface area contributed by atoms with Crippen molar-refractivity contribution >= 4 is 23.1 Å². The highest BCUT2D eigenvalue weighted by Gasteiger charge is 2.47. The normalized spacial score (nSPS) is 21.5. The highest BCUT2D eigenvalue weighted by Crippen LogP contribution is 2.43. The SMILES string of the molecule is CC1Cc2cc(/C(O)=C3/C(=O)C(=O)N(c4ccccc4)C3c3cccc(O)c3)ccc2O1. The van der Waals surface area contributed by atoms with Crippen molar-refractivity contribution in [1.29, 1.82) is 0 Å². The molecule has 1 saturated heterocycles. The number of phenols is 1. The van der Waals surface area contributed by atoms with Crippen LogP contribution in [0.5, 0.6) is 11.5 Å². The molecule has 2 aliphatic heterocycles. The Morgan fingerprint density at radius 3 is 2.53 bits per heavy atom. The fraction of sp³-hybridized carbons (Fsp3) is 0.154. The van der Waals surface area contributed by atoms with E-state index in [0.717, 1.165) is 11.3 Å². The van der Waals surface area contributed by atoms with Gasteiger partial charge in [0.15, 0.2) is 0 Å². The number of nitrogens with zero attached hydrogens (tertiary/aromatic N) is 1. The fourth-order valence-electron chi connectivity index (χ4n) is 4.42. The van der Waals surface area contributed by atoms with Crippen LogP contribution >= 0.6 is 0 Å². The van der Waals surface area contributed by atoms with Crippen molar-refractivity contribution < 1.29 is 24.5 Å². The maximum absolute atomic E-state index is 13.2. The Labute approximate surface area is 185 Å². The van der Waals surface area contributed by atoms with Crippen LogP contribution in [-0.2, 0) is 16.0 Å². The molecule has 0 aromatic heterocycles. The second kappa shape index (κ2) is 7.57. The molecule has 6 heteroatoms. The Hall–Kier alpha value is -4.06. The lowest BCUT2D eigenvalue weighted by Gasteiger charge is -2.25. The first-order chi connectivity index (χ1) is 15.4. The maximum atomic E-state index is 13.2. The first-order valence-electron chi connectivity index (χ1n) is 10.4. The number of ether oxygens (including phenoxy) is 1. The van der Waals surface area contributed by atoms with Gasteiger partial charge in [-0.15, -0.1) is 0 Å². The summed E-state index contributed by atoms with van der Waals surface area (Å²) in [7, 11) is 0. The molecule has 160 valence electrons. The Morgan fingerprint density at radius 1 is 1.00 bits per heavy atom. The topological polar surface area (TPSA) is 87.1 Å². The lowest BCUT2D eigenvalue weighted by molar-refractivity contribution is -0.132. The Kier molecular flexibility index (Phi) is 4.70. The van der Waals surface area contributed by atoms with Gasteiger partial charge in [0.25, 0.3) is 11.7 Å². The number of hydrogen-bond donors (Lipinski definition) is 2. The van der Waals surface area contributed by atoms with Gasteiger partial charge in [-0.2, -0.15) is 0 Å². The van der Waals surface area contributed by atoms with Crippen molar-refractivity contribution in [3.63, 3.8) is 0 Å². The largest absolute Gasteiger partial charge is 0.508 e. The zero-order chi connectivity index (χ0) is 22.4. The van der Waals surface area contributed by atoms with Gasteiger partial charge in [-0.25, -0.2) is 0 Å². The molecular formula is C26H21NO5. The van der Waals surface area contributed by atoms with E-state index in [2.05, 4.69) is 0 Å². The van der Waals surface area contributed by atoms with Crippen molar-refractivity contribution in [3.8, 4) is 11.5 Å². The molecule has 2 aliphatic rings. The van der Waals surface area contributed by atoms with Gasteiger partial charge in [0.2, 0.25) is 0 Å². The van der Waals surface area contributed by atoms with E-state index < -0.39 is 17.7 Å². The average Bonchev–Trinajstić information content (AvgIpc) is 3.29. The summed E-state index contributed by atoms with van der Waals surface area (Å²) < 4.78 is 5.73. The van der Waals surface area contributed by atoms with Crippen LogP contribution in [0.4, 0.5) is 5.69 Å². The molecule has 0 aliphatic carbocycles. The van der Waals surface area contributed by atoms with Crippen LogP contribution in [0, 0.1) is 0 Å². The van der Waals surface area contributed by atoms with E-state index >= 15 is 0 Å². The number of Topliss-reactive ketones (excluding diaryl/α,β-unsaturated/α-hetero) is 1. The van der Waals surface area contributed by atoms with Crippen LogP contribution in [0.1, 0.15) is 29.7 Å². The predicted molar refractivity (Wildman–Crippen MR) is 120 cm³/mol. The van der Waals surface area contributed by atoms with Crippen LogP contribution in [-0.4, -0.2) is 28.0 Å². The van der Waals surface area contributed by atoms with Gasteiger partial charge in [0.05, 0.1) is 11.6 Å². The summed E-state index contributed by atoms with van der Waals surface area (Å²) in [6, 6.07) is 19.6. The Morgan fingerprint density at radius 2 is 1.78 bits per heavy atom. The fourth-order valence-corrected chi connectivity index (χ4v) is 4.42. The smallest absolute Gasteiger partial charge is 0.300 e. The molecular weight excluding hydrogens is 406 g/mol. The highest BCUT2D eigenvalue weighted by molar-refractivity contribution is 6.51. The lowest BCUT2D eigenvalue weighted by Crippen LogP contribution is -2.29. The standard InChI is InChI=1S/C26H21NO5/c1-15-12-18-13-17(10-11-21(18)32-15)24(29)22-23(16-6-5-9-20(28)14-16)27(26(31)25(22)30)19-7-3-2-4-8-19/h2-11,13-15,23,28-29H,12H2,1H3/b24-22-. The van der Waals surface area contributed by atoms with E-state index in [4.69, 9.17) is 4.74 Å². The summed E-state index contributed by atoms with van der Waals surface area (Å²) in [4.78, 5) is 27.6. The van der Waals surface area contributed by atoms with Crippen molar-refractivity contribution in [3.05, 3.63) is 95.1 Å². The number of benzene rings is 3. The third-order valence-electron chi connectivity index (χ3n) is 5.83. The average molecular weight is 427 g/mol. The van der Waals surface area contributed by atoms with Crippen molar-refractivity contribution in [2.75, 3.05) is 4.90 Å². The van der Waals surface area contributed by atoms with E-state index in [1.54, 1.807) is 54.6 Å². The first kappa shape index (κ1) is 19.9. The molecule has 2 N–H and O–H groups in total. The number of ketones is 1. The number of phenolic OH excluding ortho intramolecular Hbond substituents is 1. The van der Waals surface area contributed by atoms with E-state index in [-0.39, 0.29) is 23.2 Å². The molecule has 0 spiro atoms. The number of aliphatic hydroxyl groups is 1. The van der Waals surface area contributed by atoms with Crippen LogP contribution in [0.15, 0.2) is 78.4 Å². The quantitative estimate of drug-likeness (QED) is 0.369. The van der Waals surface area contributed by atoms with E-state index in [0.29, 0.717) is 23.2 Å². The number of fused-ring (bicyclic) bond motifs is 1. The molecule has 32 heavy (non-hydrogen) atoms. The lowest BCUT2D eigenvalue weighted by atomic mass is 9.94. The molecule has 0 saturated carbocycles. The molecule has 0 radical (unpaired) electrons. The number of carbonyl (C=O) groups excluding carboxylic acids is 2. The molecule has 2 heterocycles. The predicted octanol–water partition coefficient (Wildman–Crippen LogP) is 4.34. The van der Waals surface area contributed by atoms with Gasteiger partial charge in [0.1, 0.15) is 23.4 Å². The minimum absolute atomic E-state index is 0.00446. The zero-order valence-electron chi connectivity index (χ0n) is 17.4. The Balaban J connectivity index is 1.70. The molecule has 6 nitrogen and oxygen atoms in total. The van der Waals surface area contributed by atoms with Crippen molar-refractivity contribution in [2.45, 2.75) is 25.5 Å². The molecule has 5 rings (SSSR count). The molecule has 3 aromatic rings. The highest BCUT2D eigenvalue weighted by atomic mass is 16.5. The van der Waals surface area contributed by atoms with Crippen LogP contribution in [0.3, 0.4) is 0 Å². The Bertz CT molecular complexity index is 1260. The van der Waals surface area contributed by atoms with Crippen LogP contribution < -0.4 is 9.64 Å². The molecule has 3 aromatic carbocycles. The van der Waals surface area contributed by atoms with Gasteiger partial charge in [0, 0.05) is 17.7 Å². The minimum Gasteiger partial charge on any atom is -0.508 e. The maximum Gasteiger partial charge on any atom is 0.300 e. The molecule has 2 atom stereocenters. The van der Waals surface area contributed by atoms with Gasteiger partial charge in [-0.05, 0) is 60.5 Å². The summed E-state index contributed by atoms with van der Waals surface area (Å²) in [6.07, 6.45) is 0.739. The number of carbonyl (C=O) groups is 2. The van der Waals surface area contributed by atoms with Crippen molar-refractivity contribution in [2.24, 2.45) is 0 Å². The number of hydrogen-bond acceptors (Lipinski definition) is 5. The van der Waals surface area contributed by atoms with Gasteiger partial charge in [-0.3, -0.25) is 14.5 Å². The molecule has 0 bridgehead atoms. The summed E-state index contributed by atoms with van der Waals surface area (Å²) in [6.45, 7) is 1.97. The van der Waals surface area contributed by atoms with Crippen LogP contribution in [0.2, 0.25) is 0 Å². The molecule has 1 fully saturated rings. The monoisotopic (exact) mass is 427 g/mol. The van der Waals surface area contributed by atoms with Gasteiger partial charge in [-0.1, -0.05) is 30.3 Å². The number of aliphatic hydroxyl groups excluding tert-OH is 1. The summed E-state index contributed by atoms with van der Waals surface area (Å²) in [5.41, 5.74) is 2.41. The number of aromatic hydroxyl groups is 1. The van der Waals surface area contributed by atoms with E-state index in [9.17, 15) is 19.8 Å². The number of amides is 1. The second-order valence-corrected chi connectivity index (χ2v) is 8.05. The number of rotatable bonds is 3. The van der Waals surface area contributed by atoms with E-state index in [1.807, 2.05) is 13.0 Å². The summed E-state index contributed by atoms with van der Waals surface area (Å²) >= 11 is 0. The van der Waals surface area contributed by atoms with Crippen LogP contribution in [0.25, 0.3) is 5.76 Å². The second-order valence-electron chi connectivity index (χ2n) is 8.05. The van der Waals surface area contributed by atoms with Gasteiger partial charge >= 0.3 is 0 Å². The third kappa shape index (κ3) is 3.21. The van der Waals surface area contributed by atoms with E-state index in [1.165, 1.54) is 17.0 Å². The van der Waals surface area contributed by atoms with Crippen molar-refractivity contribution in [1.82, 2.24) is 0 Å². The molecule has 2 unspecified atom stereocenters. The minimum atomic E-state index is -0.882. The number of anilines is 1. The third-order valence-corrected chi connectivity index (χ3v) is 5.83. The first-order valence-corrected chi connectivity index (χ1v) is 10.4. The van der Waals surface area contributed by atoms with Gasteiger partial charge < -0.3 is 14.9 Å².